The van der Waals surface area contributed by atoms with Gasteiger partial charge in [0.25, 0.3) is 0 Å². The number of rotatable bonds is 4. The summed E-state index contributed by atoms with van der Waals surface area (Å²) in [6.07, 6.45) is 6.05. The van der Waals surface area contributed by atoms with Crippen LogP contribution < -0.4 is 10.2 Å². The number of pyridine rings is 1. The van der Waals surface area contributed by atoms with Crippen LogP contribution in [0, 0.1) is 0 Å². The van der Waals surface area contributed by atoms with Crippen LogP contribution in [0.2, 0.25) is 0 Å². The zero-order chi connectivity index (χ0) is 19.8. The van der Waals surface area contributed by atoms with Gasteiger partial charge < -0.3 is 10.2 Å². The first-order valence-electron chi connectivity index (χ1n) is 10.1. The summed E-state index contributed by atoms with van der Waals surface area (Å²) in [4.78, 5) is 11.8. The molecule has 2 unspecified atom stereocenters. The van der Waals surface area contributed by atoms with Gasteiger partial charge in [-0.15, -0.1) is 12.4 Å². The Bertz CT molecular complexity index is 1130. The summed E-state index contributed by atoms with van der Waals surface area (Å²) in [5.41, 5.74) is 3.61. The molecule has 4 aromatic rings. The van der Waals surface area contributed by atoms with Crippen molar-refractivity contribution in [3.8, 4) is 11.3 Å². The average molecular weight is 421 g/mol. The van der Waals surface area contributed by atoms with Crippen LogP contribution in [-0.2, 0) is 0 Å². The van der Waals surface area contributed by atoms with E-state index in [-0.39, 0.29) is 12.4 Å². The van der Waals surface area contributed by atoms with Crippen molar-refractivity contribution in [3.05, 3.63) is 67.0 Å². The van der Waals surface area contributed by atoms with E-state index in [0.717, 1.165) is 34.2 Å². The maximum Gasteiger partial charge on any atom is 0.177 e. The number of nitrogens with one attached hydrogen (secondary N) is 1. The standard InChI is InChI=1S/C23H24N6.ClH/c1-16-11-12-17(2)29(16)22-10-6-9-21(26-22)25-20-15-19(18-7-4-3-5-8-18)27-28-14-13-24-23(20)28;/h3-10,13-17H,11-12H2,1-2H3,(H,25,26);1H. The molecule has 6 nitrogen and oxygen atoms in total. The molecule has 154 valence electrons. The highest BCUT2D eigenvalue weighted by atomic mass is 35.5. The van der Waals surface area contributed by atoms with Crippen LogP contribution in [0.15, 0.2) is 67.0 Å². The van der Waals surface area contributed by atoms with Gasteiger partial charge in [-0.3, -0.25) is 0 Å². The summed E-state index contributed by atoms with van der Waals surface area (Å²) in [6.45, 7) is 4.54. The molecule has 0 bridgehead atoms. The number of hydrogen-bond donors (Lipinski definition) is 1. The topological polar surface area (TPSA) is 58.4 Å². The molecule has 1 saturated heterocycles. The van der Waals surface area contributed by atoms with Crippen molar-refractivity contribution in [2.24, 2.45) is 0 Å². The highest BCUT2D eigenvalue weighted by molar-refractivity contribution is 5.85. The second-order valence-corrected chi connectivity index (χ2v) is 7.69. The summed E-state index contributed by atoms with van der Waals surface area (Å²) in [7, 11) is 0. The number of hydrogen-bond acceptors (Lipinski definition) is 5. The summed E-state index contributed by atoms with van der Waals surface area (Å²) in [5, 5.41) is 8.17. The van der Waals surface area contributed by atoms with Gasteiger partial charge in [0.1, 0.15) is 11.6 Å². The number of halogens is 1. The Morgan fingerprint density at radius 2 is 1.73 bits per heavy atom. The van der Waals surface area contributed by atoms with Crippen LogP contribution in [-0.4, -0.2) is 31.7 Å². The Balaban J connectivity index is 0.00000218. The predicted molar refractivity (Wildman–Crippen MR) is 124 cm³/mol. The summed E-state index contributed by atoms with van der Waals surface area (Å²) < 4.78 is 1.80. The molecular weight excluding hydrogens is 396 g/mol. The van der Waals surface area contributed by atoms with Crippen LogP contribution in [0.1, 0.15) is 26.7 Å². The lowest BCUT2D eigenvalue weighted by atomic mass is 10.1. The molecule has 1 fully saturated rings. The van der Waals surface area contributed by atoms with E-state index in [2.05, 4.69) is 53.3 Å². The Morgan fingerprint density at radius 3 is 2.50 bits per heavy atom. The Labute approximate surface area is 182 Å². The van der Waals surface area contributed by atoms with Gasteiger partial charge in [0, 0.05) is 30.0 Å². The molecule has 1 aromatic carbocycles. The number of fused-ring (bicyclic) bond motifs is 1. The second kappa shape index (κ2) is 8.32. The lowest BCUT2D eigenvalue weighted by Crippen LogP contribution is -2.33. The number of nitrogens with zero attached hydrogens (tertiary/aromatic N) is 5. The smallest absolute Gasteiger partial charge is 0.177 e. The monoisotopic (exact) mass is 420 g/mol. The van der Waals surface area contributed by atoms with Gasteiger partial charge in [0.05, 0.1) is 11.4 Å². The molecule has 7 heteroatoms. The Morgan fingerprint density at radius 1 is 0.967 bits per heavy atom. The fraction of sp³-hybridized carbons (Fsp3) is 0.261. The molecule has 2 atom stereocenters. The molecule has 0 radical (unpaired) electrons. The molecule has 0 spiro atoms. The molecule has 0 aliphatic carbocycles. The summed E-state index contributed by atoms with van der Waals surface area (Å²) in [6, 6.07) is 19.4. The maximum atomic E-state index is 4.90. The van der Waals surface area contributed by atoms with Crippen molar-refractivity contribution >= 4 is 35.4 Å². The number of anilines is 3. The first kappa shape index (κ1) is 20.2. The predicted octanol–water partition coefficient (Wildman–Crippen LogP) is 5.33. The van der Waals surface area contributed by atoms with E-state index in [4.69, 9.17) is 10.1 Å². The van der Waals surface area contributed by atoms with Crippen molar-refractivity contribution in [1.29, 1.82) is 0 Å². The van der Waals surface area contributed by atoms with Gasteiger partial charge in [0.2, 0.25) is 0 Å². The van der Waals surface area contributed by atoms with Crippen molar-refractivity contribution in [2.75, 3.05) is 10.2 Å². The SMILES string of the molecule is CC1CCC(C)N1c1cccc(Nc2cc(-c3ccccc3)nn3ccnc23)n1.Cl. The van der Waals surface area contributed by atoms with Crippen molar-refractivity contribution in [3.63, 3.8) is 0 Å². The van der Waals surface area contributed by atoms with E-state index in [9.17, 15) is 0 Å². The van der Waals surface area contributed by atoms with Gasteiger partial charge in [-0.2, -0.15) is 5.10 Å². The Hall–Kier alpha value is -3.12. The lowest BCUT2D eigenvalue weighted by Gasteiger charge is -2.27. The zero-order valence-electron chi connectivity index (χ0n) is 17.1. The summed E-state index contributed by atoms with van der Waals surface area (Å²) in [5.74, 6) is 1.83. The molecule has 4 heterocycles. The van der Waals surface area contributed by atoms with Gasteiger partial charge >= 0.3 is 0 Å². The van der Waals surface area contributed by atoms with E-state index in [1.165, 1.54) is 12.8 Å². The molecular formula is C23H25ClN6. The minimum absolute atomic E-state index is 0. The van der Waals surface area contributed by atoms with E-state index >= 15 is 0 Å². The quantitative estimate of drug-likeness (QED) is 0.483. The molecule has 0 amide bonds. The molecule has 30 heavy (non-hydrogen) atoms. The van der Waals surface area contributed by atoms with Gasteiger partial charge in [-0.25, -0.2) is 14.5 Å². The van der Waals surface area contributed by atoms with Crippen LogP contribution >= 0.6 is 12.4 Å². The van der Waals surface area contributed by atoms with Crippen LogP contribution in [0.5, 0.6) is 0 Å². The molecule has 3 aromatic heterocycles. The fourth-order valence-electron chi connectivity index (χ4n) is 4.18. The third-order valence-corrected chi connectivity index (χ3v) is 5.64. The number of benzene rings is 1. The lowest BCUT2D eigenvalue weighted by molar-refractivity contribution is 0.684. The number of aromatic nitrogens is 4. The molecule has 0 saturated carbocycles. The average Bonchev–Trinajstić information content (AvgIpc) is 3.35. The zero-order valence-corrected chi connectivity index (χ0v) is 17.9. The van der Waals surface area contributed by atoms with E-state index in [1.54, 1.807) is 10.7 Å². The molecule has 5 rings (SSSR count). The third-order valence-electron chi connectivity index (χ3n) is 5.64. The van der Waals surface area contributed by atoms with Gasteiger partial charge in [0.15, 0.2) is 5.65 Å². The Kier molecular flexibility index (Phi) is 5.59. The van der Waals surface area contributed by atoms with Crippen LogP contribution in [0.3, 0.4) is 0 Å². The van der Waals surface area contributed by atoms with Crippen molar-refractivity contribution in [1.82, 2.24) is 19.6 Å². The van der Waals surface area contributed by atoms with Crippen LogP contribution in [0.25, 0.3) is 16.9 Å². The molecule has 1 N–H and O–H groups in total. The second-order valence-electron chi connectivity index (χ2n) is 7.69. The maximum absolute atomic E-state index is 4.90. The van der Waals surface area contributed by atoms with Crippen LogP contribution in [0.4, 0.5) is 17.3 Å². The highest BCUT2D eigenvalue weighted by Gasteiger charge is 2.28. The minimum atomic E-state index is 0. The molecule has 1 aliphatic rings. The molecule has 1 aliphatic heterocycles. The van der Waals surface area contributed by atoms with E-state index in [1.807, 2.05) is 36.5 Å². The van der Waals surface area contributed by atoms with Gasteiger partial charge in [-0.05, 0) is 44.9 Å². The minimum Gasteiger partial charge on any atom is -0.351 e. The van der Waals surface area contributed by atoms with Gasteiger partial charge in [-0.1, -0.05) is 36.4 Å². The fourth-order valence-corrected chi connectivity index (χ4v) is 4.18. The first-order chi connectivity index (χ1) is 14.2. The summed E-state index contributed by atoms with van der Waals surface area (Å²) >= 11 is 0. The van der Waals surface area contributed by atoms with Crippen molar-refractivity contribution in [2.45, 2.75) is 38.8 Å². The van der Waals surface area contributed by atoms with Crippen molar-refractivity contribution < 1.29 is 0 Å². The van der Waals surface area contributed by atoms with E-state index < -0.39 is 0 Å². The van der Waals surface area contributed by atoms with E-state index in [0.29, 0.717) is 12.1 Å². The normalized spacial score (nSPS) is 18.4. The number of imidazole rings is 1. The third kappa shape index (κ3) is 3.71. The highest BCUT2D eigenvalue weighted by Crippen LogP contribution is 2.31. The first-order valence-corrected chi connectivity index (χ1v) is 10.1. The largest absolute Gasteiger partial charge is 0.351 e.